The number of rotatable bonds is 4. The highest BCUT2D eigenvalue weighted by molar-refractivity contribution is 6.31. The summed E-state index contributed by atoms with van der Waals surface area (Å²) in [6, 6.07) is 9.22. The Morgan fingerprint density at radius 3 is 2.67 bits per heavy atom. The lowest BCUT2D eigenvalue weighted by molar-refractivity contribution is 0.359. The van der Waals surface area contributed by atoms with Crippen molar-refractivity contribution in [2.75, 3.05) is 11.9 Å². The third-order valence-corrected chi connectivity index (χ3v) is 4.52. The van der Waals surface area contributed by atoms with Gasteiger partial charge in [-0.2, -0.15) is 0 Å². The molecular weight excluding hydrogens is 282 g/mol. The molecule has 0 amide bonds. The number of nitrogens with one attached hydrogen (secondary N) is 2. The summed E-state index contributed by atoms with van der Waals surface area (Å²) in [5.41, 5.74) is 2.12. The van der Waals surface area contributed by atoms with Crippen LogP contribution in [-0.4, -0.2) is 23.6 Å². The molecule has 1 saturated carbocycles. The van der Waals surface area contributed by atoms with Crippen LogP contribution in [0.3, 0.4) is 0 Å². The number of benzene rings is 1. The maximum atomic E-state index is 6.04. The van der Waals surface area contributed by atoms with Crippen molar-refractivity contribution in [3.8, 4) is 0 Å². The molecule has 0 unspecified atom stereocenters. The predicted octanol–water partition coefficient (Wildman–Crippen LogP) is 4.22. The standard InChI is InChI=1S/C17H22ClN3/c1-2-19-13-4-6-14(7-5-13)21-16-9-10-20-17-11-12(18)3-8-15(16)17/h3,8-11,13-14,19H,2,4-7H2,1H3,(H,20,21). The number of fused-ring (bicyclic) bond motifs is 1. The second-order valence-corrected chi connectivity index (χ2v) is 6.21. The van der Waals surface area contributed by atoms with E-state index in [0.717, 1.165) is 22.5 Å². The fraction of sp³-hybridized carbons (Fsp3) is 0.471. The van der Waals surface area contributed by atoms with Crippen LogP contribution in [-0.2, 0) is 0 Å². The van der Waals surface area contributed by atoms with Gasteiger partial charge in [0.05, 0.1) is 5.52 Å². The van der Waals surface area contributed by atoms with Crippen molar-refractivity contribution in [1.29, 1.82) is 0 Å². The molecule has 1 aliphatic rings. The molecule has 2 aromatic rings. The van der Waals surface area contributed by atoms with Crippen LogP contribution in [0.2, 0.25) is 5.02 Å². The van der Waals surface area contributed by atoms with Gasteiger partial charge in [0.15, 0.2) is 0 Å². The number of hydrogen-bond donors (Lipinski definition) is 2. The lowest BCUT2D eigenvalue weighted by Crippen LogP contribution is -2.36. The van der Waals surface area contributed by atoms with Crippen LogP contribution in [0.4, 0.5) is 5.69 Å². The molecule has 0 spiro atoms. The van der Waals surface area contributed by atoms with Crippen molar-refractivity contribution in [2.45, 2.75) is 44.7 Å². The smallest absolute Gasteiger partial charge is 0.0737 e. The number of anilines is 1. The van der Waals surface area contributed by atoms with Crippen molar-refractivity contribution in [3.05, 3.63) is 35.5 Å². The third-order valence-electron chi connectivity index (χ3n) is 4.28. The zero-order valence-electron chi connectivity index (χ0n) is 12.4. The van der Waals surface area contributed by atoms with Gasteiger partial charge in [-0.3, -0.25) is 4.98 Å². The molecule has 1 aliphatic carbocycles. The number of nitrogens with zero attached hydrogens (tertiary/aromatic N) is 1. The van der Waals surface area contributed by atoms with Crippen molar-refractivity contribution >= 4 is 28.2 Å². The molecule has 0 radical (unpaired) electrons. The Hall–Kier alpha value is -1.32. The van der Waals surface area contributed by atoms with Crippen LogP contribution in [0.1, 0.15) is 32.6 Å². The molecule has 1 aromatic carbocycles. The SMILES string of the molecule is CCNC1CCC(Nc2ccnc3cc(Cl)ccc23)CC1. The number of hydrogen-bond acceptors (Lipinski definition) is 3. The van der Waals surface area contributed by atoms with E-state index in [4.69, 9.17) is 11.6 Å². The Kier molecular flexibility index (Phi) is 4.61. The number of aromatic nitrogens is 1. The van der Waals surface area contributed by atoms with E-state index in [1.165, 1.54) is 31.4 Å². The van der Waals surface area contributed by atoms with Gasteiger partial charge in [0, 0.05) is 34.4 Å². The van der Waals surface area contributed by atoms with Gasteiger partial charge in [-0.15, -0.1) is 0 Å². The molecule has 1 heterocycles. The fourth-order valence-corrected chi connectivity index (χ4v) is 3.36. The van der Waals surface area contributed by atoms with Crippen LogP contribution in [0.25, 0.3) is 10.9 Å². The first kappa shape index (κ1) is 14.6. The van der Waals surface area contributed by atoms with Crippen LogP contribution in [0.5, 0.6) is 0 Å². The quantitative estimate of drug-likeness (QED) is 0.888. The number of pyridine rings is 1. The molecule has 0 bridgehead atoms. The minimum atomic E-state index is 0.557. The highest BCUT2D eigenvalue weighted by Gasteiger charge is 2.20. The van der Waals surface area contributed by atoms with E-state index < -0.39 is 0 Å². The van der Waals surface area contributed by atoms with Gasteiger partial charge in [0.25, 0.3) is 0 Å². The Bertz CT molecular complexity index is 606. The molecule has 21 heavy (non-hydrogen) atoms. The van der Waals surface area contributed by atoms with E-state index in [-0.39, 0.29) is 0 Å². The molecule has 0 aliphatic heterocycles. The molecule has 2 N–H and O–H groups in total. The fourth-order valence-electron chi connectivity index (χ4n) is 3.20. The summed E-state index contributed by atoms with van der Waals surface area (Å²) in [5, 5.41) is 9.13. The summed E-state index contributed by atoms with van der Waals surface area (Å²) >= 11 is 6.04. The predicted molar refractivity (Wildman–Crippen MR) is 90.1 cm³/mol. The highest BCUT2D eigenvalue weighted by atomic mass is 35.5. The van der Waals surface area contributed by atoms with Crippen molar-refractivity contribution in [2.24, 2.45) is 0 Å². The first-order chi connectivity index (χ1) is 10.3. The summed E-state index contributed by atoms with van der Waals surface area (Å²) in [6.07, 6.45) is 6.79. The summed E-state index contributed by atoms with van der Waals surface area (Å²) in [6.45, 7) is 3.25. The van der Waals surface area contributed by atoms with Gasteiger partial charge in [-0.05, 0) is 56.5 Å². The summed E-state index contributed by atoms with van der Waals surface area (Å²) in [7, 11) is 0. The molecular formula is C17H22ClN3. The van der Waals surface area contributed by atoms with E-state index in [2.05, 4.69) is 34.7 Å². The van der Waals surface area contributed by atoms with Crippen molar-refractivity contribution in [1.82, 2.24) is 10.3 Å². The topological polar surface area (TPSA) is 37.0 Å². The Labute approximate surface area is 131 Å². The van der Waals surface area contributed by atoms with E-state index in [1.54, 1.807) is 0 Å². The lowest BCUT2D eigenvalue weighted by atomic mass is 9.91. The average Bonchev–Trinajstić information content (AvgIpc) is 2.49. The largest absolute Gasteiger partial charge is 0.382 e. The van der Waals surface area contributed by atoms with Gasteiger partial charge >= 0.3 is 0 Å². The maximum absolute atomic E-state index is 6.04. The van der Waals surface area contributed by atoms with Crippen LogP contribution in [0.15, 0.2) is 30.5 Å². The molecule has 4 heteroatoms. The van der Waals surface area contributed by atoms with E-state index in [9.17, 15) is 0 Å². The van der Waals surface area contributed by atoms with Crippen molar-refractivity contribution < 1.29 is 0 Å². The number of halogens is 1. The first-order valence-electron chi connectivity index (χ1n) is 7.80. The van der Waals surface area contributed by atoms with Crippen LogP contribution < -0.4 is 10.6 Å². The Morgan fingerprint density at radius 1 is 1.14 bits per heavy atom. The molecule has 3 nitrogen and oxygen atoms in total. The Morgan fingerprint density at radius 2 is 1.90 bits per heavy atom. The zero-order chi connectivity index (χ0) is 14.7. The zero-order valence-corrected chi connectivity index (χ0v) is 13.2. The minimum absolute atomic E-state index is 0.557. The molecule has 1 aromatic heterocycles. The summed E-state index contributed by atoms with van der Waals surface area (Å²) < 4.78 is 0. The summed E-state index contributed by atoms with van der Waals surface area (Å²) in [5.74, 6) is 0. The molecule has 0 atom stereocenters. The van der Waals surface area contributed by atoms with Gasteiger partial charge in [-0.25, -0.2) is 0 Å². The van der Waals surface area contributed by atoms with Gasteiger partial charge < -0.3 is 10.6 Å². The van der Waals surface area contributed by atoms with E-state index in [0.29, 0.717) is 12.1 Å². The van der Waals surface area contributed by atoms with Crippen molar-refractivity contribution in [3.63, 3.8) is 0 Å². The monoisotopic (exact) mass is 303 g/mol. The normalized spacial score (nSPS) is 22.4. The molecule has 0 saturated heterocycles. The second kappa shape index (κ2) is 6.63. The highest BCUT2D eigenvalue weighted by Crippen LogP contribution is 2.28. The Balaban J connectivity index is 1.71. The summed E-state index contributed by atoms with van der Waals surface area (Å²) in [4.78, 5) is 4.40. The lowest BCUT2D eigenvalue weighted by Gasteiger charge is -2.30. The molecule has 1 fully saturated rings. The first-order valence-corrected chi connectivity index (χ1v) is 8.18. The maximum Gasteiger partial charge on any atom is 0.0737 e. The van der Waals surface area contributed by atoms with Crippen LogP contribution in [0, 0.1) is 0 Å². The van der Waals surface area contributed by atoms with Crippen LogP contribution >= 0.6 is 11.6 Å². The van der Waals surface area contributed by atoms with E-state index in [1.807, 2.05) is 18.3 Å². The minimum Gasteiger partial charge on any atom is -0.382 e. The average molecular weight is 304 g/mol. The third kappa shape index (κ3) is 3.47. The second-order valence-electron chi connectivity index (χ2n) is 5.77. The molecule has 112 valence electrons. The van der Waals surface area contributed by atoms with Gasteiger partial charge in [0.2, 0.25) is 0 Å². The van der Waals surface area contributed by atoms with Gasteiger partial charge in [0.1, 0.15) is 0 Å². The van der Waals surface area contributed by atoms with E-state index >= 15 is 0 Å². The van der Waals surface area contributed by atoms with Gasteiger partial charge in [-0.1, -0.05) is 18.5 Å². The molecule has 3 rings (SSSR count).